The third-order valence-electron chi connectivity index (χ3n) is 5.24. The Morgan fingerprint density at radius 3 is 2.57 bits per heavy atom. The number of methoxy groups -OCH3 is 2. The van der Waals surface area contributed by atoms with Gasteiger partial charge in [0.25, 0.3) is 0 Å². The van der Waals surface area contributed by atoms with Crippen LogP contribution in [-0.2, 0) is 17.8 Å². The minimum Gasteiger partial charge on any atom is -0.493 e. The van der Waals surface area contributed by atoms with Crippen LogP contribution in [0.25, 0.3) is 10.9 Å². The smallest absolute Gasteiger partial charge is 0.161 e. The molecule has 1 fully saturated rings. The number of rotatable bonds is 7. The van der Waals surface area contributed by atoms with E-state index >= 15 is 0 Å². The zero-order valence-electron chi connectivity index (χ0n) is 17.3. The van der Waals surface area contributed by atoms with Gasteiger partial charge in [0.2, 0.25) is 0 Å². The van der Waals surface area contributed by atoms with Gasteiger partial charge in [0, 0.05) is 42.2 Å². The number of hydrogen-bond acceptors (Lipinski definition) is 6. The highest BCUT2D eigenvalue weighted by molar-refractivity contribution is 6.31. The summed E-state index contributed by atoms with van der Waals surface area (Å²) in [6, 6.07) is 14.0. The average molecular weight is 428 g/mol. The molecule has 0 unspecified atom stereocenters. The average Bonchev–Trinajstić information content (AvgIpc) is 2.79. The van der Waals surface area contributed by atoms with Gasteiger partial charge in [0.15, 0.2) is 11.5 Å². The van der Waals surface area contributed by atoms with E-state index in [9.17, 15) is 0 Å². The molecule has 0 aliphatic carbocycles. The minimum atomic E-state index is 0.697. The lowest BCUT2D eigenvalue weighted by molar-refractivity contribution is 0.122. The number of pyridine rings is 1. The molecule has 0 saturated carbocycles. The van der Waals surface area contributed by atoms with Crippen molar-refractivity contribution in [3.8, 4) is 11.5 Å². The van der Waals surface area contributed by atoms with Crippen LogP contribution < -0.4 is 19.7 Å². The van der Waals surface area contributed by atoms with Gasteiger partial charge in [-0.25, -0.2) is 4.98 Å². The zero-order valence-corrected chi connectivity index (χ0v) is 18.0. The van der Waals surface area contributed by atoms with Crippen molar-refractivity contribution in [3.05, 3.63) is 58.6 Å². The topological polar surface area (TPSA) is 55.9 Å². The highest BCUT2D eigenvalue weighted by atomic mass is 35.5. The summed E-state index contributed by atoms with van der Waals surface area (Å²) < 4.78 is 16.2. The molecule has 3 aromatic rings. The van der Waals surface area contributed by atoms with Gasteiger partial charge in [-0.2, -0.15) is 0 Å². The fourth-order valence-corrected chi connectivity index (χ4v) is 3.85. The second-order valence-electron chi connectivity index (χ2n) is 7.20. The molecule has 7 heteroatoms. The number of aromatic nitrogens is 1. The number of morpholine rings is 1. The van der Waals surface area contributed by atoms with Crippen molar-refractivity contribution < 1.29 is 14.2 Å². The molecule has 1 N–H and O–H groups in total. The Morgan fingerprint density at radius 2 is 1.80 bits per heavy atom. The quantitative estimate of drug-likeness (QED) is 0.614. The molecule has 0 atom stereocenters. The Hall–Kier alpha value is -2.54. The molecular weight excluding hydrogens is 402 g/mol. The summed E-state index contributed by atoms with van der Waals surface area (Å²) in [5.74, 6) is 2.45. The Bertz CT molecular complexity index is 1020. The molecule has 1 saturated heterocycles. The van der Waals surface area contributed by atoms with Gasteiger partial charge < -0.3 is 24.4 Å². The Morgan fingerprint density at radius 1 is 1.00 bits per heavy atom. The van der Waals surface area contributed by atoms with Gasteiger partial charge >= 0.3 is 0 Å². The van der Waals surface area contributed by atoms with Crippen LogP contribution >= 0.6 is 11.6 Å². The molecule has 158 valence electrons. The molecular formula is C23H26ClN3O3. The zero-order chi connectivity index (χ0) is 20.9. The third kappa shape index (κ3) is 4.61. The van der Waals surface area contributed by atoms with E-state index in [1.54, 1.807) is 14.2 Å². The van der Waals surface area contributed by atoms with E-state index in [4.69, 9.17) is 30.8 Å². The summed E-state index contributed by atoms with van der Waals surface area (Å²) in [6.07, 6.45) is 0. The lowest BCUT2D eigenvalue weighted by Gasteiger charge is -2.30. The van der Waals surface area contributed by atoms with Crippen LogP contribution in [0.5, 0.6) is 11.5 Å². The van der Waals surface area contributed by atoms with Gasteiger partial charge in [0.1, 0.15) is 5.82 Å². The molecule has 2 aromatic carbocycles. The Kier molecular flexibility index (Phi) is 6.57. The third-order valence-corrected chi connectivity index (χ3v) is 5.47. The summed E-state index contributed by atoms with van der Waals surface area (Å²) in [7, 11) is 3.29. The van der Waals surface area contributed by atoms with E-state index in [1.165, 1.54) is 0 Å². The van der Waals surface area contributed by atoms with Crippen LogP contribution in [0.1, 0.15) is 11.1 Å². The molecule has 6 nitrogen and oxygen atoms in total. The van der Waals surface area contributed by atoms with E-state index in [2.05, 4.69) is 16.3 Å². The second-order valence-corrected chi connectivity index (χ2v) is 7.64. The highest BCUT2D eigenvalue weighted by Gasteiger charge is 2.17. The van der Waals surface area contributed by atoms with E-state index in [1.807, 2.05) is 36.4 Å². The van der Waals surface area contributed by atoms with Crippen LogP contribution in [0.4, 0.5) is 5.82 Å². The van der Waals surface area contributed by atoms with Gasteiger partial charge in [0.05, 0.1) is 33.0 Å². The summed E-state index contributed by atoms with van der Waals surface area (Å²) >= 11 is 6.19. The molecule has 1 aliphatic rings. The molecule has 2 heterocycles. The lowest BCUT2D eigenvalue weighted by atomic mass is 10.1. The number of fused-ring (bicyclic) bond motifs is 1. The number of halogens is 1. The summed E-state index contributed by atoms with van der Waals surface area (Å²) in [6.45, 7) is 4.51. The maximum atomic E-state index is 6.19. The van der Waals surface area contributed by atoms with Crippen LogP contribution in [0.15, 0.2) is 42.5 Å². The number of nitrogens with one attached hydrogen (secondary N) is 1. The number of hydrogen-bond donors (Lipinski definition) is 1. The van der Waals surface area contributed by atoms with E-state index < -0.39 is 0 Å². The first-order chi connectivity index (χ1) is 14.7. The molecule has 4 rings (SSSR count). The van der Waals surface area contributed by atoms with Gasteiger partial charge in [-0.1, -0.05) is 23.7 Å². The highest BCUT2D eigenvalue weighted by Crippen LogP contribution is 2.28. The first-order valence-corrected chi connectivity index (χ1v) is 10.4. The van der Waals surface area contributed by atoms with E-state index in [0.29, 0.717) is 31.3 Å². The minimum absolute atomic E-state index is 0.697. The normalized spacial score (nSPS) is 14.2. The predicted molar refractivity (Wildman–Crippen MR) is 120 cm³/mol. The lowest BCUT2D eigenvalue weighted by Crippen LogP contribution is -2.37. The molecule has 1 aliphatic heterocycles. The van der Waals surface area contributed by atoms with Crippen LogP contribution in [0, 0.1) is 0 Å². The largest absolute Gasteiger partial charge is 0.493 e. The molecule has 30 heavy (non-hydrogen) atoms. The van der Waals surface area contributed by atoms with Crippen molar-refractivity contribution in [1.29, 1.82) is 0 Å². The Labute approximate surface area is 181 Å². The first-order valence-electron chi connectivity index (χ1n) is 10.0. The monoisotopic (exact) mass is 427 g/mol. The maximum absolute atomic E-state index is 6.19. The first kappa shape index (κ1) is 20.7. The number of ether oxygens (including phenoxy) is 3. The molecule has 0 radical (unpaired) electrons. The second kappa shape index (κ2) is 9.51. The number of anilines is 1. The van der Waals surface area contributed by atoms with Gasteiger partial charge in [-0.15, -0.1) is 0 Å². The van der Waals surface area contributed by atoms with Crippen molar-refractivity contribution in [3.63, 3.8) is 0 Å². The predicted octanol–water partition coefficient (Wildman–Crippen LogP) is 4.03. The van der Waals surface area contributed by atoms with Crippen molar-refractivity contribution in [1.82, 2.24) is 10.3 Å². The summed E-state index contributed by atoms with van der Waals surface area (Å²) in [4.78, 5) is 7.23. The maximum Gasteiger partial charge on any atom is 0.161 e. The van der Waals surface area contributed by atoms with Crippen molar-refractivity contribution in [2.75, 3.05) is 45.4 Å². The molecule has 0 amide bonds. The van der Waals surface area contributed by atoms with Gasteiger partial charge in [-0.3, -0.25) is 0 Å². The van der Waals surface area contributed by atoms with Crippen LogP contribution in [0.3, 0.4) is 0 Å². The van der Waals surface area contributed by atoms with Gasteiger partial charge in [-0.05, 0) is 35.9 Å². The van der Waals surface area contributed by atoms with Crippen molar-refractivity contribution >= 4 is 28.3 Å². The van der Waals surface area contributed by atoms with Crippen LogP contribution in [-0.4, -0.2) is 45.5 Å². The fraction of sp³-hybridized carbons (Fsp3) is 0.348. The Balaban J connectivity index is 1.55. The molecule has 1 aromatic heterocycles. The SMILES string of the molecule is COc1ccc(CNCc2cc3ccc(Cl)cc3nc2N2CCOCC2)cc1OC. The summed E-state index contributed by atoms with van der Waals surface area (Å²) in [5.41, 5.74) is 3.20. The van der Waals surface area contributed by atoms with Crippen LogP contribution in [0.2, 0.25) is 5.02 Å². The van der Waals surface area contributed by atoms with E-state index in [0.717, 1.165) is 52.4 Å². The molecule has 0 bridgehead atoms. The number of nitrogens with zero attached hydrogens (tertiary/aromatic N) is 2. The fourth-order valence-electron chi connectivity index (χ4n) is 3.69. The van der Waals surface area contributed by atoms with Crippen molar-refractivity contribution in [2.45, 2.75) is 13.1 Å². The number of benzene rings is 2. The molecule has 0 spiro atoms. The summed E-state index contributed by atoms with van der Waals surface area (Å²) in [5, 5.41) is 5.32. The van der Waals surface area contributed by atoms with Crippen molar-refractivity contribution in [2.24, 2.45) is 0 Å². The standard InChI is InChI=1S/C23H26ClN3O3/c1-28-21-6-3-16(11-22(21)29-2)14-25-15-18-12-17-4-5-19(24)13-20(17)26-23(18)27-7-9-30-10-8-27/h3-6,11-13,25H,7-10,14-15H2,1-2H3. The van der Waals surface area contributed by atoms with E-state index in [-0.39, 0.29) is 0 Å².